The number of rotatable bonds is 4. The molecule has 1 aromatic carbocycles. The number of hydrogen-bond acceptors (Lipinski definition) is 3. The topological polar surface area (TPSA) is 75.6 Å². The first-order valence-corrected chi connectivity index (χ1v) is 7.03. The zero-order valence-electron chi connectivity index (χ0n) is 11.9. The molecular formula is C14H17BrFNO4. The van der Waals surface area contributed by atoms with Crippen LogP contribution in [0.5, 0.6) is 0 Å². The first kappa shape index (κ1) is 17.4. The van der Waals surface area contributed by atoms with Gasteiger partial charge in [-0.3, -0.25) is 4.79 Å². The fraction of sp³-hybridized carbons (Fsp3) is 0.429. The van der Waals surface area contributed by atoms with Crippen LogP contribution in [0.3, 0.4) is 0 Å². The number of carboxylic acid groups (broad SMARTS) is 1. The van der Waals surface area contributed by atoms with Crippen LogP contribution in [0.25, 0.3) is 0 Å². The predicted molar refractivity (Wildman–Crippen MR) is 78.5 cm³/mol. The van der Waals surface area contributed by atoms with Crippen molar-refractivity contribution in [1.29, 1.82) is 0 Å². The van der Waals surface area contributed by atoms with E-state index in [9.17, 15) is 14.0 Å². The minimum absolute atomic E-state index is 0.343. The Hall–Kier alpha value is -1.63. The van der Waals surface area contributed by atoms with Crippen molar-refractivity contribution in [3.63, 3.8) is 0 Å². The number of hydrogen-bond donors (Lipinski definition) is 2. The Bertz CT molecular complexity index is 522. The van der Waals surface area contributed by atoms with E-state index in [1.165, 1.54) is 12.1 Å². The van der Waals surface area contributed by atoms with E-state index in [2.05, 4.69) is 21.2 Å². The molecule has 5 nitrogen and oxygen atoms in total. The van der Waals surface area contributed by atoms with Gasteiger partial charge < -0.3 is 15.2 Å². The summed E-state index contributed by atoms with van der Waals surface area (Å²) in [5, 5.41) is 11.4. The van der Waals surface area contributed by atoms with E-state index < -0.39 is 29.5 Å². The fourth-order valence-corrected chi connectivity index (χ4v) is 2.14. The molecule has 0 spiro atoms. The van der Waals surface area contributed by atoms with Crippen LogP contribution in [-0.4, -0.2) is 22.8 Å². The van der Waals surface area contributed by atoms with Crippen molar-refractivity contribution in [2.45, 2.75) is 38.8 Å². The van der Waals surface area contributed by atoms with E-state index in [4.69, 9.17) is 9.84 Å². The van der Waals surface area contributed by atoms with Crippen LogP contribution >= 0.6 is 15.9 Å². The number of carboxylic acids is 1. The summed E-state index contributed by atoms with van der Waals surface area (Å²) in [6, 6.07) is 3.09. The van der Waals surface area contributed by atoms with Crippen molar-refractivity contribution in [2.24, 2.45) is 0 Å². The summed E-state index contributed by atoms with van der Waals surface area (Å²) in [6.07, 6.45) is -1.14. The average Bonchev–Trinajstić information content (AvgIpc) is 2.23. The Kier molecular flexibility index (Phi) is 5.71. The molecule has 1 amide bonds. The monoisotopic (exact) mass is 361 g/mol. The van der Waals surface area contributed by atoms with Crippen LogP contribution in [0.15, 0.2) is 22.7 Å². The van der Waals surface area contributed by atoms with E-state index in [1.807, 2.05) is 0 Å². The minimum Gasteiger partial charge on any atom is -0.481 e. The number of halogens is 2. The number of carbonyl (C=O) groups is 2. The maximum Gasteiger partial charge on any atom is 0.408 e. The highest BCUT2D eigenvalue weighted by molar-refractivity contribution is 9.10. The Morgan fingerprint density at radius 1 is 1.38 bits per heavy atom. The molecule has 0 saturated carbocycles. The number of carbonyl (C=O) groups excluding carboxylic acids is 1. The van der Waals surface area contributed by atoms with Gasteiger partial charge in [0, 0.05) is 4.47 Å². The molecule has 7 heteroatoms. The van der Waals surface area contributed by atoms with Crippen LogP contribution in [0.4, 0.5) is 9.18 Å². The third-order valence-electron chi connectivity index (χ3n) is 2.36. The molecule has 0 aliphatic heterocycles. The largest absolute Gasteiger partial charge is 0.481 e. The smallest absolute Gasteiger partial charge is 0.408 e. The maximum atomic E-state index is 13.4. The van der Waals surface area contributed by atoms with Crippen molar-refractivity contribution in [3.05, 3.63) is 34.1 Å². The molecule has 0 radical (unpaired) electrons. The molecule has 1 atom stereocenters. The van der Waals surface area contributed by atoms with Gasteiger partial charge in [-0.05, 0) is 44.5 Å². The van der Waals surface area contributed by atoms with Crippen LogP contribution in [0, 0.1) is 5.82 Å². The molecule has 21 heavy (non-hydrogen) atoms. The highest BCUT2D eigenvalue weighted by atomic mass is 79.9. The summed E-state index contributed by atoms with van der Waals surface area (Å²) in [5.74, 6) is -1.64. The molecule has 0 bridgehead atoms. The third-order valence-corrected chi connectivity index (χ3v) is 2.81. The number of benzene rings is 1. The van der Waals surface area contributed by atoms with Crippen molar-refractivity contribution in [3.8, 4) is 0 Å². The minimum atomic E-state index is -1.11. The van der Waals surface area contributed by atoms with Gasteiger partial charge in [0.15, 0.2) is 0 Å². The molecule has 0 unspecified atom stereocenters. The number of alkyl carbamates (subject to hydrolysis) is 1. The van der Waals surface area contributed by atoms with E-state index in [-0.39, 0.29) is 6.42 Å². The number of amides is 1. The SMILES string of the molecule is CC(C)(C)OC(=O)N[C@H](CC(=O)O)c1cc(F)cc(Br)c1. The second kappa shape index (κ2) is 6.89. The lowest BCUT2D eigenvalue weighted by molar-refractivity contribution is -0.137. The molecular weight excluding hydrogens is 345 g/mol. The van der Waals surface area contributed by atoms with Gasteiger partial charge in [-0.15, -0.1) is 0 Å². The van der Waals surface area contributed by atoms with Gasteiger partial charge in [-0.1, -0.05) is 15.9 Å². The Labute approximate surface area is 130 Å². The first-order chi connectivity index (χ1) is 9.56. The van der Waals surface area contributed by atoms with E-state index in [1.54, 1.807) is 26.8 Å². The number of nitrogens with one attached hydrogen (secondary N) is 1. The zero-order valence-corrected chi connectivity index (χ0v) is 13.5. The zero-order chi connectivity index (χ0) is 16.2. The lowest BCUT2D eigenvalue weighted by Crippen LogP contribution is -2.35. The Balaban J connectivity index is 2.95. The summed E-state index contributed by atoms with van der Waals surface area (Å²) in [4.78, 5) is 22.7. The molecule has 1 aromatic rings. The molecule has 0 aromatic heterocycles. The van der Waals surface area contributed by atoms with Gasteiger partial charge in [-0.2, -0.15) is 0 Å². The summed E-state index contributed by atoms with van der Waals surface area (Å²) in [7, 11) is 0. The molecule has 0 heterocycles. The molecule has 0 fully saturated rings. The van der Waals surface area contributed by atoms with Gasteiger partial charge in [0.1, 0.15) is 11.4 Å². The van der Waals surface area contributed by atoms with E-state index in [0.29, 0.717) is 10.0 Å². The van der Waals surface area contributed by atoms with Gasteiger partial charge >= 0.3 is 12.1 Å². The summed E-state index contributed by atoms with van der Waals surface area (Å²) in [5.41, 5.74) is -0.365. The lowest BCUT2D eigenvalue weighted by Gasteiger charge is -2.23. The van der Waals surface area contributed by atoms with Crippen LogP contribution < -0.4 is 5.32 Å². The first-order valence-electron chi connectivity index (χ1n) is 6.24. The van der Waals surface area contributed by atoms with E-state index >= 15 is 0 Å². The van der Waals surface area contributed by atoms with Gasteiger partial charge in [-0.25, -0.2) is 9.18 Å². The fourth-order valence-electron chi connectivity index (χ4n) is 1.65. The molecule has 0 aliphatic carbocycles. The number of ether oxygens (including phenoxy) is 1. The van der Waals surface area contributed by atoms with Crippen LogP contribution in [0.1, 0.15) is 38.8 Å². The predicted octanol–water partition coefficient (Wildman–Crippen LogP) is 3.63. The summed E-state index contributed by atoms with van der Waals surface area (Å²) < 4.78 is 19.0. The number of aliphatic carboxylic acids is 1. The van der Waals surface area contributed by atoms with Crippen molar-refractivity contribution in [1.82, 2.24) is 5.32 Å². The standard InChI is InChI=1S/C14H17BrFNO4/c1-14(2,3)21-13(20)17-11(7-12(18)19)8-4-9(15)6-10(16)5-8/h4-6,11H,7H2,1-3H3,(H,17,20)(H,18,19)/t11-/m1/s1. The Morgan fingerprint density at radius 3 is 2.48 bits per heavy atom. The van der Waals surface area contributed by atoms with E-state index in [0.717, 1.165) is 0 Å². The van der Waals surface area contributed by atoms with Crippen molar-refractivity contribution in [2.75, 3.05) is 0 Å². The normalized spacial score (nSPS) is 12.6. The second-order valence-electron chi connectivity index (χ2n) is 5.50. The van der Waals surface area contributed by atoms with Gasteiger partial charge in [0.25, 0.3) is 0 Å². The van der Waals surface area contributed by atoms with Crippen LogP contribution in [0.2, 0.25) is 0 Å². The summed E-state index contributed by atoms with van der Waals surface area (Å²) >= 11 is 3.13. The van der Waals surface area contributed by atoms with Crippen LogP contribution in [-0.2, 0) is 9.53 Å². The molecule has 0 saturated heterocycles. The highest BCUT2D eigenvalue weighted by Crippen LogP contribution is 2.23. The third kappa shape index (κ3) is 6.57. The van der Waals surface area contributed by atoms with Crippen molar-refractivity contribution >= 4 is 28.0 Å². The molecule has 0 aliphatic rings. The van der Waals surface area contributed by atoms with Gasteiger partial charge in [0.05, 0.1) is 12.5 Å². The van der Waals surface area contributed by atoms with Gasteiger partial charge in [0.2, 0.25) is 0 Å². The molecule has 1 rings (SSSR count). The molecule has 2 N–H and O–H groups in total. The summed E-state index contributed by atoms with van der Waals surface area (Å²) in [6.45, 7) is 5.08. The average molecular weight is 362 g/mol. The quantitative estimate of drug-likeness (QED) is 0.858. The lowest BCUT2D eigenvalue weighted by atomic mass is 10.0. The maximum absolute atomic E-state index is 13.4. The second-order valence-corrected chi connectivity index (χ2v) is 6.42. The Morgan fingerprint density at radius 2 is 2.00 bits per heavy atom. The van der Waals surface area contributed by atoms with Crippen molar-refractivity contribution < 1.29 is 23.8 Å². The molecule has 116 valence electrons. The highest BCUT2D eigenvalue weighted by Gasteiger charge is 2.23.